The van der Waals surface area contributed by atoms with Gasteiger partial charge in [-0.2, -0.15) is 0 Å². The van der Waals surface area contributed by atoms with Crippen LogP contribution in [0, 0.1) is 5.41 Å². The summed E-state index contributed by atoms with van der Waals surface area (Å²) in [5.74, 6) is 0.381. The summed E-state index contributed by atoms with van der Waals surface area (Å²) < 4.78 is 5.44. The minimum absolute atomic E-state index is 0.183. The van der Waals surface area contributed by atoms with Gasteiger partial charge in [-0.1, -0.05) is 6.92 Å². The van der Waals surface area contributed by atoms with E-state index in [1.54, 1.807) is 20.1 Å². The number of hydrogen-bond donors (Lipinski definition) is 0. The van der Waals surface area contributed by atoms with Crippen LogP contribution < -0.4 is 0 Å². The van der Waals surface area contributed by atoms with Gasteiger partial charge in [-0.25, -0.2) is 0 Å². The Morgan fingerprint density at radius 3 is 2.58 bits per heavy atom. The SMILES string of the molecule is COC(C)(C)C1=CC(=O)[C@](C)(CCCC(C)=O)CC1. The van der Waals surface area contributed by atoms with Crippen molar-refractivity contribution in [2.75, 3.05) is 7.11 Å². The normalized spacial score (nSPS) is 24.3. The van der Waals surface area contributed by atoms with Crippen LogP contribution in [0.5, 0.6) is 0 Å². The molecule has 0 fully saturated rings. The van der Waals surface area contributed by atoms with Crippen LogP contribution in [0.15, 0.2) is 11.6 Å². The Kier molecular flexibility index (Phi) is 5.08. The number of Topliss-reactive ketones (excluding diaryl/α,β-unsaturated/α-hetero) is 1. The Labute approximate surface area is 116 Å². The molecule has 0 aromatic rings. The first kappa shape index (κ1) is 16.1. The minimum atomic E-state index is -0.365. The Morgan fingerprint density at radius 2 is 2.11 bits per heavy atom. The molecule has 0 amide bonds. The fraction of sp³-hybridized carbons (Fsp3) is 0.750. The predicted octanol–water partition coefficient (Wildman–Crippen LogP) is 3.47. The zero-order valence-corrected chi connectivity index (χ0v) is 12.8. The third kappa shape index (κ3) is 4.00. The number of hydrogen-bond acceptors (Lipinski definition) is 3. The van der Waals surface area contributed by atoms with E-state index in [9.17, 15) is 9.59 Å². The molecule has 0 spiro atoms. The molecule has 108 valence electrons. The highest BCUT2D eigenvalue weighted by Crippen LogP contribution is 2.40. The van der Waals surface area contributed by atoms with Crippen molar-refractivity contribution in [2.24, 2.45) is 5.41 Å². The fourth-order valence-electron chi connectivity index (χ4n) is 2.52. The van der Waals surface area contributed by atoms with Gasteiger partial charge >= 0.3 is 0 Å². The standard InChI is InChI=1S/C16H26O3/c1-12(17)7-6-9-16(4)10-8-13(11-14(16)18)15(2,3)19-5/h11H,6-10H2,1-5H3/t16-/m1/s1. The van der Waals surface area contributed by atoms with E-state index in [0.29, 0.717) is 6.42 Å². The molecule has 3 nitrogen and oxygen atoms in total. The van der Waals surface area contributed by atoms with Crippen molar-refractivity contribution in [3.8, 4) is 0 Å². The van der Waals surface area contributed by atoms with Gasteiger partial charge in [-0.3, -0.25) is 4.79 Å². The first-order valence-corrected chi connectivity index (χ1v) is 7.01. The van der Waals surface area contributed by atoms with E-state index in [4.69, 9.17) is 4.74 Å². The summed E-state index contributed by atoms with van der Waals surface area (Å²) in [7, 11) is 1.67. The molecule has 1 aliphatic carbocycles. The highest BCUT2D eigenvalue weighted by Gasteiger charge is 2.37. The smallest absolute Gasteiger partial charge is 0.161 e. The lowest BCUT2D eigenvalue weighted by Crippen LogP contribution is -2.35. The molecule has 0 aromatic carbocycles. The molecule has 19 heavy (non-hydrogen) atoms. The third-order valence-corrected chi connectivity index (χ3v) is 4.39. The fourth-order valence-corrected chi connectivity index (χ4v) is 2.52. The lowest BCUT2D eigenvalue weighted by Gasteiger charge is -2.36. The summed E-state index contributed by atoms with van der Waals surface area (Å²) >= 11 is 0. The van der Waals surface area contributed by atoms with Gasteiger partial charge in [0.25, 0.3) is 0 Å². The average molecular weight is 266 g/mol. The first-order chi connectivity index (χ1) is 8.71. The number of ether oxygens (including phenoxy) is 1. The van der Waals surface area contributed by atoms with Gasteiger partial charge in [0.05, 0.1) is 5.60 Å². The van der Waals surface area contributed by atoms with Gasteiger partial charge in [0, 0.05) is 18.9 Å². The molecule has 0 heterocycles. The molecule has 0 aliphatic heterocycles. The molecule has 0 unspecified atom stereocenters. The third-order valence-electron chi connectivity index (χ3n) is 4.39. The lowest BCUT2D eigenvalue weighted by atomic mass is 9.70. The molecule has 0 aromatic heterocycles. The topological polar surface area (TPSA) is 43.4 Å². The van der Waals surface area contributed by atoms with Crippen molar-refractivity contribution < 1.29 is 14.3 Å². The van der Waals surface area contributed by atoms with E-state index in [2.05, 4.69) is 0 Å². The molecule has 1 rings (SSSR count). The van der Waals surface area contributed by atoms with Crippen LogP contribution in [0.25, 0.3) is 0 Å². The van der Waals surface area contributed by atoms with Crippen molar-refractivity contribution in [2.45, 2.75) is 65.4 Å². The maximum absolute atomic E-state index is 12.3. The van der Waals surface area contributed by atoms with Crippen LogP contribution in [0.3, 0.4) is 0 Å². The molecule has 0 bridgehead atoms. The Balaban J connectivity index is 2.72. The minimum Gasteiger partial charge on any atom is -0.374 e. The van der Waals surface area contributed by atoms with Crippen molar-refractivity contribution in [1.29, 1.82) is 0 Å². The van der Waals surface area contributed by atoms with Crippen LogP contribution in [0.4, 0.5) is 0 Å². The number of rotatable bonds is 6. The number of ketones is 2. The Bertz CT molecular complexity index is 393. The first-order valence-electron chi connectivity index (χ1n) is 7.01. The van der Waals surface area contributed by atoms with Gasteiger partial charge < -0.3 is 9.53 Å². The molecule has 0 saturated heterocycles. The summed E-state index contributed by atoms with van der Waals surface area (Å²) in [6, 6.07) is 0. The number of methoxy groups -OCH3 is 1. The molecule has 1 atom stereocenters. The number of allylic oxidation sites excluding steroid dienone is 1. The number of carbonyl (C=O) groups excluding carboxylic acids is 2. The van der Waals surface area contributed by atoms with E-state index in [1.165, 1.54) is 0 Å². The van der Waals surface area contributed by atoms with Gasteiger partial charge in [-0.15, -0.1) is 0 Å². The number of carbonyl (C=O) groups is 2. The zero-order valence-electron chi connectivity index (χ0n) is 12.8. The Morgan fingerprint density at radius 1 is 1.47 bits per heavy atom. The van der Waals surface area contributed by atoms with Gasteiger partial charge in [0.1, 0.15) is 5.78 Å². The summed E-state index contributed by atoms with van der Waals surface area (Å²) in [4.78, 5) is 23.3. The molecule has 0 saturated carbocycles. The van der Waals surface area contributed by atoms with Crippen molar-refractivity contribution in [3.63, 3.8) is 0 Å². The lowest BCUT2D eigenvalue weighted by molar-refractivity contribution is -0.125. The highest BCUT2D eigenvalue weighted by atomic mass is 16.5. The second kappa shape index (κ2) is 6.00. The van der Waals surface area contributed by atoms with E-state index >= 15 is 0 Å². The van der Waals surface area contributed by atoms with Crippen LogP contribution in [-0.4, -0.2) is 24.3 Å². The van der Waals surface area contributed by atoms with Crippen LogP contribution in [0.1, 0.15) is 59.8 Å². The maximum atomic E-state index is 12.3. The summed E-state index contributed by atoms with van der Waals surface area (Å²) in [6.45, 7) is 7.60. The van der Waals surface area contributed by atoms with Crippen LogP contribution in [-0.2, 0) is 14.3 Å². The Hall–Kier alpha value is -0.960. The summed E-state index contributed by atoms with van der Waals surface area (Å²) in [5.41, 5.74) is 0.406. The van der Waals surface area contributed by atoms with E-state index in [-0.39, 0.29) is 22.6 Å². The largest absolute Gasteiger partial charge is 0.374 e. The van der Waals surface area contributed by atoms with Crippen molar-refractivity contribution in [1.82, 2.24) is 0 Å². The second-order valence-corrected chi connectivity index (χ2v) is 6.36. The van der Waals surface area contributed by atoms with Crippen LogP contribution in [0.2, 0.25) is 0 Å². The molecule has 1 aliphatic rings. The van der Waals surface area contributed by atoms with Gasteiger partial charge in [-0.05, 0) is 58.1 Å². The molecule has 0 N–H and O–H groups in total. The summed E-state index contributed by atoms with van der Waals surface area (Å²) in [6.07, 6.45) is 5.67. The molecular formula is C16H26O3. The van der Waals surface area contributed by atoms with E-state index in [0.717, 1.165) is 31.3 Å². The van der Waals surface area contributed by atoms with E-state index < -0.39 is 0 Å². The van der Waals surface area contributed by atoms with Gasteiger partial charge in [0.2, 0.25) is 0 Å². The monoisotopic (exact) mass is 266 g/mol. The quantitative estimate of drug-likeness (QED) is 0.739. The molecule has 3 heteroatoms. The van der Waals surface area contributed by atoms with Crippen molar-refractivity contribution in [3.05, 3.63) is 11.6 Å². The van der Waals surface area contributed by atoms with Crippen LogP contribution >= 0.6 is 0 Å². The zero-order chi connectivity index (χ0) is 14.7. The molecular weight excluding hydrogens is 240 g/mol. The van der Waals surface area contributed by atoms with E-state index in [1.807, 2.05) is 20.8 Å². The average Bonchev–Trinajstić information content (AvgIpc) is 2.32. The summed E-state index contributed by atoms with van der Waals surface area (Å²) in [5, 5.41) is 0. The highest BCUT2D eigenvalue weighted by molar-refractivity contribution is 5.96. The van der Waals surface area contributed by atoms with Gasteiger partial charge in [0.15, 0.2) is 5.78 Å². The van der Waals surface area contributed by atoms with Crippen molar-refractivity contribution >= 4 is 11.6 Å². The predicted molar refractivity (Wildman–Crippen MR) is 76.1 cm³/mol. The maximum Gasteiger partial charge on any atom is 0.161 e. The second-order valence-electron chi connectivity index (χ2n) is 6.36. The molecule has 0 radical (unpaired) electrons.